The summed E-state index contributed by atoms with van der Waals surface area (Å²) < 4.78 is 0. The van der Waals surface area contributed by atoms with Crippen molar-refractivity contribution in [2.24, 2.45) is 0 Å². The fraction of sp³-hybridized carbons (Fsp3) is 0.217. The van der Waals surface area contributed by atoms with E-state index in [2.05, 4.69) is 87.5 Å². The Kier molecular flexibility index (Phi) is 4.62. The second-order valence-corrected chi connectivity index (χ2v) is 6.30. The van der Waals surface area contributed by atoms with Crippen molar-refractivity contribution in [3.8, 4) is 22.3 Å². The van der Waals surface area contributed by atoms with Gasteiger partial charge in [0.2, 0.25) is 0 Å². The van der Waals surface area contributed by atoms with E-state index in [0.717, 1.165) is 12.8 Å². The standard InChI is InChI=1S/C23H24/c1-4-7-21-16-20(19-12-10-17(2)11-13-19)14-15-23(21)22-9-6-5-8-18(22)3/h5-6,8-16H,4,7H2,1-3H3. The van der Waals surface area contributed by atoms with Crippen molar-refractivity contribution >= 4 is 0 Å². The molecule has 0 unspecified atom stereocenters. The molecule has 0 bridgehead atoms. The predicted molar refractivity (Wildman–Crippen MR) is 101 cm³/mol. The third-order valence-electron chi connectivity index (χ3n) is 4.44. The van der Waals surface area contributed by atoms with Gasteiger partial charge >= 0.3 is 0 Å². The van der Waals surface area contributed by atoms with E-state index in [1.54, 1.807) is 0 Å². The summed E-state index contributed by atoms with van der Waals surface area (Å²) in [7, 11) is 0. The minimum Gasteiger partial charge on any atom is -0.0651 e. The molecule has 0 saturated heterocycles. The van der Waals surface area contributed by atoms with E-state index in [1.807, 2.05) is 0 Å². The largest absolute Gasteiger partial charge is 0.0651 e. The number of hydrogen-bond donors (Lipinski definition) is 0. The Bertz CT molecular complexity index is 795. The summed E-state index contributed by atoms with van der Waals surface area (Å²) in [5.74, 6) is 0. The zero-order chi connectivity index (χ0) is 16.2. The maximum absolute atomic E-state index is 2.37. The Balaban J connectivity index is 2.09. The van der Waals surface area contributed by atoms with Crippen molar-refractivity contribution in [2.45, 2.75) is 33.6 Å². The lowest BCUT2D eigenvalue weighted by Gasteiger charge is -2.14. The Morgan fingerprint density at radius 2 is 1.39 bits per heavy atom. The molecule has 3 aromatic rings. The van der Waals surface area contributed by atoms with Crippen molar-refractivity contribution in [3.05, 3.63) is 83.4 Å². The van der Waals surface area contributed by atoms with Gasteiger partial charge < -0.3 is 0 Å². The van der Waals surface area contributed by atoms with Crippen molar-refractivity contribution < 1.29 is 0 Å². The van der Waals surface area contributed by atoms with Crippen LogP contribution in [0.2, 0.25) is 0 Å². The van der Waals surface area contributed by atoms with Crippen molar-refractivity contribution in [2.75, 3.05) is 0 Å². The second kappa shape index (κ2) is 6.83. The summed E-state index contributed by atoms with van der Waals surface area (Å²) in [6.45, 7) is 6.58. The van der Waals surface area contributed by atoms with Crippen LogP contribution < -0.4 is 0 Å². The van der Waals surface area contributed by atoms with Crippen LogP contribution in [0.15, 0.2) is 66.7 Å². The number of rotatable bonds is 4. The van der Waals surface area contributed by atoms with Crippen LogP contribution in [-0.4, -0.2) is 0 Å². The molecule has 3 aromatic carbocycles. The molecule has 0 atom stereocenters. The first kappa shape index (κ1) is 15.6. The summed E-state index contributed by atoms with van der Waals surface area (Å²) in [6, 6.07) is 24.4. The quantitative estimate of drug-likeness (QED) is 0.510. The number of aryl methyl sites for hydroxylation is 3. The van der Waals surface area contributed by atoms with E-state index in [0.29, 0.717) is 0 Å². The fourth-order valence-electron chi connectivity index (χ4n) is 3.13. The minimum atomic E-state index is 1.11. The lowest BCUT2D eigenvalue weighted by molar-refractivity contribution is 0.924. The van der Waals surface area contributed by atoms with E-state index < -0.39 is 0 Å². The van der Waals surface area contributed by atoms with Crippen LogP contribution in [0, 0.1) is 13.8 Å². The van der Waals surface area contributed by atoms with Crippen LogP contribution in [0.5, 0.6) is 0 Å². The Labute approximate surface area is 139 Å². The molecular weight excluding hydrogens is 276 g/mol. The van der Waals surface area contributed by atoms with E-state index in [1.165, 1.54) is 38.9 Å². The van der Waals surface area contributed by atoms with Crippen molar-refractivity contribution in [3.63, 3.8) is 0 Å². The average Bonchev–Trinajstić information content (AvgIpc) is 2.57. The van der Waals surface area contributed by atoms with E-state index in [4.69, 9.17) is 0 Å². The van der Waals surface area contributed by atoms with Gasteiger partial charge in [-0.25, -0.2) is 0 Å². The number of hydrogen-bond acceptors (Lipinski definition) is 0. The van der Waals surface area contributed by atoms with Gasteiger partial charge in [-0.1, -0.05) is 85.6 Å². The summed E-state index contributed by atoms with van der Waals surface area (Å²) in [6.07, 6.45) is 2.28. The molecule has 0 fully saturated rings. The first-order valence-electron chi connectivity index (χ1n) is 8.45. The molecule has 0 amide bonds. The molecule has 0 aliphatic heterocycles. The van der Waals surface area contributed by atoms with Gasteiger partial charge in [-0.2, -0.15) is 0 Å². The molecule has 3 rings (SSSR count). The predicted octanol–water partition coefficient (Wildman–Crippen LogP) is 6.59. The normalized spacial score (nSPS) is 10.7. The Morgan fingerprint density at radius 1 is 0.696 bits per heavy atom. The highest BCUT2D eigenvalue weighted by Gasteiger charge is 2.09. The molecule has 0 aliphatic carbocycles. The summed E-state index contributed by atoms with van der Waals surface area (Å²) in [5, 5.41) is 0. The monoisotopic (exact) mass is 300 g/mol. The average molecular weight is 300 g/mol. The molecule has 23 heavy (non-hydrogen) atoms. The maximum atomic E-state index is 2.37. The summed E-state index contributed by atoms with van der Waals surface area (Å²) in [5.41, 5.74) is 9.43. The van der Waals surface area contributed by atoms with Gasteiger partial charge in [-0.05, 0) is 53.6 Å². The summed E-state index contributed by atoms with van der Waals surface area (Å²) >= 11 is 0. The molecule has 0 radical (unpaired) electrons. The molecule has 0 heteroatoms. The topological polar surface area (TPSA) is 0 Å². The minimum absolute atomic E-state index is 1.11. The molecule has 0 aliphatic rings. The van der Waals surface area contributed by atoms with Gasteiger partial charge in [-0.3, -0.25) is 0 Å². The molecule has 0 nitrogen and oxygen atoms in total. The molecule has 0 spiro atoms. The van der Waals surface area contributed by atoms with Gasteiger partial charge in [0.05, 0.1) is 0 Å². The third-order valence-corrected chi connectivity index (χ3v) is 4.44. The van der Waals surface area contributed by atoms with Crippen LogP contribution >= 0.6 is 0 Å². The highest BCUT2D eigenvalue weighted by atomic mass is 14.1. The maximum Gasteiger partial charge on any atom is -0.0149 e. The van der Waals surface area contributed by atoms with Gasteiger partial charge in [0, 0.05) is 0 Å². The van der Waals surface area contributed by atoms with E-state index >= 15 is 0 Å². The Morgan fingerprint density at radius 3 is 2.09 bits per heavy atom. The molecule has 0 heterocycles. The SMILES string of the molecule is CCCc1cc(-c2ccc(C)cc2)ccc1-c1ccccc1C. The number of benzene rings is 3. The lowest BCUT2D eigenvalue weighted by atomic mass is 9.91. The first-order valence-corrected chi connectivity index (χ1v) is 8.45. The van der Waals surface area contributed by atoms with Crippen molar-refractivity contribution in [1.82, 2.24) is 0 Å². The molecule has 0 saturated carbocycles. The highest BCUT2D eigenvalue weighted by Crippen LogP contribution is 2.31. The van der Waals surface area contributed by atoms with Crippen molar-refractivity contribution in [1.29, 1.82) is 0 Å². The van der Waals surface area contributed by atoms with Crippen LogP contribution in [0.25, 0.3) is 22.3 Å². The first-order chi connectivity index (χ1) is 11.2. The summed E-state index contributed by atoms with van der Waals surface area (Å²) in [4.78, 5) is 0. The zero-order valence-corrected chi connectivity index (χ0v) is 14.3. The van der Waals surface area contributed by atoms with E-state index in [-0.39, 0.29) is 0 Å². The molecule has 0 N–H and O–H groups in total. The van der Waals surface area contributed by atoms with Gasteiger partial charge in [-0.15, -0.1) is 0 Å². The second-order valence-electron chi connectivity index (χ2n) is 6.30. The lowest BCUT2D eigenvalue weighted by Crippen LogP contribution is -1.93. The zero-order valence-electron chi connectivity index (χ0n) is 14.3. The fourth-order valence-corrected chi connectivity index (χ4v) is 3.13. The highest BCUT2D eigenvalue weighted by molar-refractivity contribution is 5.75. The Hall–Kier alpha value is -2.34. The third kappa shape index (κ3) is 3.37. The van der Waals surface area contributed by atoms with Gasteiger partial charge in [0.1, 0.15) is 0 Å². The van der Waals surface area contributed by atoms with Crippen LogP contribution in [0.1, 0.15) is 30.0 Å². The molecular formula is C23H24. The van der Waals surface area contributed by atoms with Crippen LogP contribution in [0.4, 0.5) is 0 Å². The van der Waals surface area contributed by atoms with Gasteiger partial charge in [0.25, 0.3) is 0 Å². The van der Waals surface area contributed by atoms with Gasteiger partial charge in [0.15, 0.2) is 0 Å². The van der Waals surface area contributed by atoms with E-state index in [9.17, 15) is 0 Å². The molecule has 116 valence electrons. The van der Waals surface area contributed by atoms with Crippen LogP contribution in [0.3, 0.4) is 0 Å². The molecule has 0 aromatic heterocycles. The smallest absolute Gasteiger partial charge is 0.0149 e. The van der Waals surface area contributed by atoms with Crippen LogP contribution in [-0.2, 0) is 6.42 Å².